The molecule has 0 aliphatic heterocycles. The predicted molar refractivity (Wildman–Crippen MR) is 65.0 cm³/mol. The Labute approximate surface area is 107 Å². The molecule has 5 nitrogen and oxygen atoms in total. The first kappa shape index (κ1) is 14.4. The maximum atomic E-state index is 12.2. The van der Waals surface area contributed by atoms with E-state index in [1.165, 1.54) is 0 Å². The van der Waals surface area contributed by atoms with Gasteiger partial charge in [-0.15, -0.1) is 0 Å². The fraction of sp³-hybridized carbons (Fsp3) is 0.615. The molecule has 1 atom stereocenters. The number of carbonyl (C=O) groups excluding carboxylic acids is 2. The molecule has 1 fully saturated rings. The van der Waals surface area contributed by atoms with Crippen molar-refractivity contribution in [1.82, 2.24) is 5.48 Å². The number of hydroxylamine groups is 1. The topological polar surface area (TPSA) is 79.2 Å². The summed E-state index contributed by atoms with van der Waals surface area (Å²) in [5.74, 6) is -1.44. The average Bonchev–Trinajstić information content (AvgIpc) is 2.24. The van der Waals surface area contributed by atoms with Gasteiger partial charge in [-0.3, -0.25) is 19.9 Å². The summed E-state index contributed by atoms with van der Waals surface area (Å²) in [5.41, 5.74) is 2.39. The minimum atomic E-state index is -0.788. The molecular formula is C13H18N2O3. The van der Waals surface area contributed by atoms with Gasteiger partial charge in [0.2, 0.25) is 0 Å². The van der Waals surface area contributed by atoms with E-state index in [0.29, 0.717) is 12.3 Å². The van der Waals surface area contributed by atoms with Crippen LogP contribution in [-0.2, 0) is 14.4 Å². The van der Waals surface area contributed by atoms with Crippen molar-refractivity contribution in [3.05, 3.63) is 11.3 Å². The lowest BCUT2D eigenvalue weighted by atomic mass is 9.66. The van der Waals surface area contributed by atoms with Crippen molar-refractivity contribution < 1.29 is 14.4 Å². The van der Waals surface area contributed by atoms with Gasteiger partial charge in [0.15, 0.2) is 11.6 Å². The summed E-state index contributed by atoms with van der Waals surface area (Å²) in [6.07, 6.45) is 0.192. The molecule has 0 aromatic heterocycles. The Morgan fingerprint density at radius 1 is 1.56 bits per heavy atom. The molecule has 0 aromatic rings. The Bertz CT molecular complexity index is 444. The smallest absolute Gasteiger partial charge is 0.185 e. The second-order valence-corrected chi connectivity index (χ2v) is 5.05. The van der Waals surface area contributed by atoms with Gasteiger partial charge in [-0.2, -0.15) is 5.26 Å². The lowest BCUT2D eigenvalue weighted by molar-refractivity contribution is -0.130. The summed E-state index contributed by atoms with van der Waals surface area (Å²) in [7, 11) is 0. The third-order valence-electron chi connectivity index (χ3n) is 3.06. The molecule has 1 aliphatic rings. The van der Waals surface area contributed by atoms with E-state index in [1.807, 2.05) is 6.07 Å². The van der Waals surface area contributed by atoms with Gasteiger partial charge < -0.3 is 0 Å². The molecule has 1 unspecified atom stereocenters. The number of allylic oxidation sites excluding steroid dienone is 2. The molecule has 1 aliphatic carbocycles. The molecule has 0 bridgehead atoms. The number of hydrogen-bond donors (Lipinski definition) is 1. The van der Waals surface area contributed by atoms with Gasteiger partial charge in [0.25, 0.3) is 0 Å². The van der Waals surface area contributed by atoms with Gasteiger partial charge in [-0.1, -0.05) is 13.8 Å². The fourth-order valence-corrected chi connectivity index (χ4v) is 2.10. The van der Waals surface area contributed by atoms with Crippen LogP contribution in [0, 0.1) is 22.7 Å². The maximum absolute atomic E-state index is 12.2. The van der Waals surface area contributed by atoms with E-state index in [9.17, 15) is 9.59 Å². The van der Waals surface area contributed by atoms with Gasteiger partial charge in [-0.25, -0.2) is 0 Å². The number of ketones is 2. The SMILES string of the molecule is CCON/C(C)=C1/C(=O)CC(C)(C)C(C#N)C1=O. The molecule has 98 valence electrons. The van der Waals surface area contributed by atoms with E-state index < -0.39 is 17.1 Å². The van der Waals surface area contributed by atoms with E-state index in [4.69, 9.17) is 10.1 Å². The van der Waals surface area contributed by atoms with Crippen LogP contribution >= 0.6 is 0 Å². The van der Waals surface area contributed by atoms with Crippen LogP contribution in [0.4, 0.5) is 0 Å². The van der Waals surface area contributed by atoms with Gasteiger partial charge in [-0.05, 0) is 19.3 Å². The zero-order chi connectivity index (χ0) is 13.9. The number of rotatable bonds is 3. The highest BCUT2D eigenvalue weighted by molar-refractivity contribution is 6.24. The molecule has 0 radical (unpaired) electrons. The van der Waals surface area contributed by atoms with Crippen molar-refractivity contribution in [3.63, 3.8) is 0 Å². The van der Waals surface area contributed by atoms with Gasteiger partial charge in [0, 0.05) is 12.1 Å². The Balaban J connectivity index is 3.12. The number of nitrogens with zero attached hydrogens (tertiary/aromatic N) is 1. The minimum absolute atomic E-state index is 0.0642. The van der Waals surface area contributed by atoms with Crippen molar-refractivity contribution in [2.75, 3.05) is 6.61 Å². The zero-order valence-electron chi connectivity index (χ0n) is 11.2. The number of nitriles is 1. The summed E-state index contributed by atoms with van der Waals surface area (Å²) in [6, 6.07) is 2.00. The first-order chi connectivity index (χ1) is 8.35. The number of hydrogen-bond acceptors (Lipinski definition) is 5. The fourth-order valence-electron chi connectivity index (χ4n) is 2.10. The summed E-state index contributed by atoms with van der Waals surface area (Å²) < 4.78 is 0. The summed E-state index contributed by atoms with van der Waals surface area (Å²) in [5, 5.41) is 9.10. The Kier molecular flexibility index (Phi) is 4.25. The highest BCUT2D eigenvalue weighted by Gasteiger charge is 2.45. The summed E-state index contributed by atoms with van der Waals surface area (Å²) in [6.45, 7) is 7.34. The van der Waals surface area contributed by atoms with Gasteiger partial charge in [0.1, 0.15) is 5.92 Å². The summed E-state index contributed by atoms with van der Waals surface area (Å²) >= 11 is 0. The lowest BCUT2D eigenvalue weighted by Crippen LogP contribution is -2.41. The normalized spacial score (nSPS) is 25.6. The van der Waals surface area contributed by atoms with Crippen LogP contribution in [-0.4, -0.2) is 18.2 Å². The highest BCUT2D eigenvalue weighted by Crippen LogP contribution is 2.39. The number of nitrogens with one attached hydrogen (secondary N) is 1. The standard InChI is InChI=1S/C13H18N2O3/c1-5-18-15-8(2)11-10(16)6-13(3,4)9(7-14)12(11)17/h9,15H,5-6H2,1-4H3/b11-8-. The maximum Gasteiger partial charge on any atom is 0.185 e. The van der Waals surface area contributed by atoms with Crippen LogP contribution in [0.3, 0.4) is 0 Å². The third kappa shape index (κ3) is 2.59. The van der Waals surface area contributed by atoms with Crippen molar-refractivity contribution in [1.29, 1.82) is 5.26 Å². The third-order valence-corrected chi connectivity index (χ3v) is 3.06. The van der Waals surface area contributed by atoms with Crippen LogP contribution in [0.25, 0.3) is 0 Å². The molecule has 0 saturated heterocycles. The molecular weight excluding hydrogens is 232 g/mol. The van der Waals surface area contributed by atoms with E-state index in [0.717, 1.165) is 0 Å². The highest BCUT2D eigenvalue weighted by atomic mass is 16.6. The Hall–Kier alpha value is -1.67. The number of carbonyl (C=O) groups is 2. The molecule has 0 amide bonds. The molecule has 0 heterocycles. The molecule has 5 heteroatoms. The summed E-state index contributed by atoms with van der Waals surface area (Å²) in [4.78, 5) is 29.2. The molecule has 18 heavy (non-hydrogen) atoms. The molecule has 1 saturated carbocycles. The van der Waals surface area contributed by atoms with Crippen LogP contribution in [0.15, 0.2) is 11.3 Å². The first-order valence-electron chi connectivity index (χ1n) is 5.90. The van der Waals surface area contributed by atoms with E-state index in [-0.39, 0.29) is 17.8 Å². The molecule has 0 spiro atoms. The van der Waals surface area contributed by atoms with Gasteiger partial charge >= 0.3 is 0 Å². The predicted octanol–water partition coefficient (Wildman–Crippen LogP) is 1.51. The molecule has 0 aromatic carbocycles. The van der Waals surface area contributed by atoms with E-state index in [1.54, 1.807) is 27.7 Å². The van der Waals surface area contributed by atoms with Crippen LogP contribution in [0.5, 0.6) is 0 Å². The minimum Gasteiger partial charge on any atom is -0.294 e. The van der Waals surface area contributed by atoms with E-state index in [2.05, 4.69) is 5.48 Å². The molecule has 1 rings (SSSR count). The lowest BCUT2D eigenvalue weighted by Gasteiger charge is -2.33. The Morgan fingerprint density at radius 3 is 2.67 bits per heavy atom. The number of Topliss-reactive ketones (excluding diaryl/α,β-unsaturated/α-hetero) is 2. The van der Waals surface area contributed by atoms with Crippen molar-refractivity contribution in [2.24, 2.45) is 11.3 Å². The van der Waals surface area contributed by atoms with E-state index >= 15 is 0 Å². The van der Waals surface area contributed by atoms with Crippen molar-refractivity contribution in [2.45, 2.75) is 34.1 Å². The van der Waals surface area contributed by atoms with Crippen LogP contribution in [0.1, 0.15) is 34.1 Å². The Morgan fingerprint density at radius 2 is 2.17 bits per heavy atom. The van der Waals surface area contributed by atoms with Gasteiger partial charge in [0.05, 0.1) is 18.2 Å². The first-order valence-corrected chi connectivity index (χ1v) is 5.90. The van der Waals surface area contributed by atoms with Crippen molar-refractivity contribution >= 4 is 11.6 Å². The van der Waals surface area contributed by atoms with Crippen LogP contribution in [0.2, 0.25) is 0 Å². The zero-order valence-corrected chi connectivity index (χ0v) is 11.2. The molecule has 1 N–H and O–H groups in total. The second-order valence-electron chi connectivity index (χ2n) is 5.05. The second kappa shape index (κ2) is 5.32. The largest absolute Gasteiger partial charge is 0.294 e. The quantitative estimate of drug-likeness (QED) is 0.466. The van der Waals surface area contributed by atoms with Crippen LogP contribution < -0.4 is 5.48 Å². The average molecular weight is 250 g/mol. The van der Waals surface area contributed by atoms with Crippen molar-refractivity contribution in [3.8, 4) is 6.07 Å². The monoisotopic (exact) mass is 250 g/mol.